The fourth-order valence-corrected chi connectivity index (χ4v) is 6.93. The summed E-state index contributed by atoms with van der Waals surface area (Å²) in [6, 6.07) is 10.7. The van der Waals surface area contributed by atoms with Crippen molar-refractivity contribution >= 4 is 22.6 Å². The fourth-order valence-electron chi connectivity index (χ4n) is 6.93. The second kappa shape index (κ2) is 8.75. The zero-order chi connectivity index (χ0) is 28.7. The van der Waals surface area contributed by atoms with E-state index in [0.717, 1.165) is 25.3 Å². The lowest BCUT2D eigenvalue weighted by molar-refractivity contribution is -0.141. The summed E-state index contributed by atoms with van der Waals surface area (Å²) in [6.07, 6.45) is 0.451. The first kappa shape index (κ1) is 25.9. The molecule has 1 aromatic carbocycles. The zero-order valence-electron chi connectivity index (χ0n) is 22.8. The van der Waals surface area contributed by atoms with Crippen LogP contribution in [0.3, 0.4) is 0 Å². The van der Waals surface area contributed by atoms with Gasteiger partial charge in [-0.05, 0) is 53.7 Å². The Morgan fingerprint density at radius 2 is 1.80 bits per heavy atom. The van der Waals surface area contributed by atoms with E-state index < -0.39 is 17.3 Å². The van der Waals surface area contributed by atoms with Gasteiger partial charge in [0.25, 0.3) is 5.56 Å². The van der Waals surface area contributed by atoms with E-state index in [1.54, 1.807) is 0 Å². The van der Waals surface area contributed by atoms with E-state index in [4.69, 9.17) is 10.7 Å². The molecule has 0 radical (unpaired) electrons. The molecule has 0 bridgehead atoms. The summed E-state index contributed by atoms with van der Waals surface area (Å²) in [4.78, 5) is 27.2. The number of hydrogen-bond donors (Lipinski definition) is 3. The molecule has 1 aliphatic heterocycles. The second-order valence-electron chi connectivity index (χ2n) is 12.3. The van der Waals surface area contributed by atoms with E-state index in [0.29, 0.717) is 53.6 Å². The molecule has 4 aromatic rings. The molecule has 1 saturated heterocycles. The number of nitrogens with zero attached hydrogens (tertiary/aromatic N) is 4. The van der Waals surface area contributed by atoms with Gasteiger partial charge in [-0.1, -0.05) is 50.3 Å². The predicted molar refractivity (Wildman–Crippen MR) is 149 cm³/mol. The maximum atomic E-state index is 13.5. The van der Waals surface area contributed by atoms with Crippen LogP contribution in [-0.2, 0) is 19.0 Å². The van der Waals surface area contributed by atoms with Crippen LogP contribution in [0.1, 0.15) is 66.5 Å². The van der Waals surface area contributed by atoms with Crippen LogP contribution in [-0.4, -0.2) is 38.2 Å². The Labute approximate surface area is 233 Å². The Hall–Kier alpha value is -3.99. The SMILES string of the molecule is CC1(C)C=C(c2n[nH]c3nc(N4CCC5(CC4)Cc4ccccc4[C@H]5N)[nH]c(=O)c23)c2ccc(C(F)(F)F)nc2C1. The summed E-state index contributed by atoms with van der Waals surface area (Å²) in [6.45, 7) is 5.25. The van der Waals surface area contributed by atoms with Crippen molar-refractivity contribution in [2.45, 2.75) is 51.7 Å². The third-order valence-electron chi connectivity index (χ3n) is 9.04. The number of alkyl halides is 3. The van der Waals surface area contributed by atoms with Crippen LogP contribution in [0.15, 0.2) is 47.3 Å². The van der Waals surface area contributed by atoms with E-state index in [1.165, 1.54) is 17.2 Å². The molecular formula is C30H30F3N7O. The summed E-state index contributed by atoms with van der Waals surface area (Å²) in [5.74, 6) is 0.464. The van der Waals surface area contributed by atoms with Crippen molar-refractivity contribution in [2.75, 3.05) is 18.0 Å². The molecule has 3 aromatic heterocycles. The highest BCUT2D eigenvalue weighted by atomic mass is 19.4. The third kappa shape index (κ3) is 4.16. The van der Waals surface area contributed by atoms with E-state index in [9.17, 15) is 18.0 Å². The van der Waals surface area contributed by atoms with Gasteiger partial charge in [-0.3, -0.25) is 14.9 Å². The van der Waals surface area contributed by atoms with E-state index >= 15 is 0 Å². The summed E-state index contributed by atoms with van der Waals surface area (Å²) < 4.78 is 40.1. The molecule has 4 heterocycles. The molecule has 0 saturated carbocycles. The maximum absolute atomic E-state index is 13.5. The van der Waals surface area contributed by atoms with Crippen LogP contribution < -0.4 is 16.2 Å². The third-order valence-corrected chi connectivity index (χ3v) is 9.04. The molecule has 11 heteroatoms. The minimum atomic E-state index is -4.54. The average Bonchev–Trinajstić information content (AvgIpc) is 3.47. The Balaban J connectivity index is 1.20. The minimum absolute atomic E-state index is 0.000589. The van der Waals surface area contributed by atoms with Gasteiger partial charge in [0.05, 0.1) is 0 Å². The van der Waals surface area contributed by atoms with Gasteiger partial charge in [0.1, 0.15) is 16.8 Å². The lowest BCUT2D eigenvalue weighted by Crippen LogP contribution is -2.45. The molecule has 3 aliphatic rings. The standard InChI is InChI=1S/C30H30F3N7O/c1-28(2)14-19(18-7-8-21(30(31,32)33)35-20(18)15-28)23-22-25(39-38-23)36-27(37-26(22)41)40-11-9-29(10-12-40)13-16-5-3-4-6-17(16)24(29)34/h3-8,14,24H,9-13,15,34H2,1-2H3,(H2,36,37,38,39,41)/t24-/m1/s1. The smallest absolute Gasteiger partial charge is 0.342 e. The minimum Gasteiger partial charge on any atom is -0.342 e. The highest BCUT2D eigenvalue weighted by Gasteiger charge is 2.46. The average molecular weight is 562 g/mol. The summed E-state index contributed by atoms with van der Waals surface area (Å²) >= 11 is 0. The van der Waals surface area contributed by atoms with Gasteiger partial charge in [-0.15, -0.1) is 0 Å². The van der Waals surface area contributed by atoms with Gasteiger partial charge in [0.15, 0.2) is 5.65 Å². The van der Waals surface area contributed by atoms with Crippen LogP contribution in [0.5, 0.6) is 0 Å². The largest absolute Gasteiger partial charge is 0.433 e. The van der Waals surface area contributed by atoms with Crippen molar-refractivity contribution in [1.82, 2.24) is 25.1 Å². The number of piperidine rings is 1. The Kier molecular flexibility index (Phi) is 5.54. The first-order valence-corrected chi connectivity index (χ1v) is 13.8. The van der Waals surface area contributed by atoms with Crippen molar-refractivity contribution in [3.63, 3.8) is 0 Å². The number of benzene rings is 1. The monoisotopic (exact) mass is 561 g/mol. The fraction of sp³-hybridized carbons (Fsp3) is 0.400. The van der Waals surface area contributed by atoms with Crippen LogP contribution in [0.2, 0.25) is 0 Å². The molecule has 1 atom stereocenters. The van der Waals surface area contributed by atoms with E-state index in [2.05, 4.69) is 43.3 Å². The number of aromatic amines is 2. The van der Waals surface area contributed by atoms with Crippen molar-refractivity contribution in [3.05, 3.63) is 86.6 Å². The first-order valence-electron chi connectivity index (χ1n) is 13.8. The van der Waals surface area contributed by atoms with E-state index in [1.807, 2.05) is 26.0 Å². The summed E-state index contributed by atoms with van der Waals surface area (Å²) in [5, 5.41) is 7.60. The molecule has 7 rings (SSSR count). The van der Waals surface area contributed by atoms with Crippen LogP contribution in [0.4, 0.5) is 19.1 Å². The number of anilines is 1. The quantitative estimate of drug-likeness (QED) is 0.320. The normalized spacial score (nSPS) is 21.2. The number of hydrogen-bond acceptors (Lipinski definition) is 6. The van der Waals surface area contributed by atoms with Gasteiger partial charge < -0.3 is 10.6 Å². The number of fused-ring (bicyclic) bond motifs is 3. The van der Waals surface area contributed by atoms with Crippen molar-refractivity contribution in [2.24, 2.45) is 16.6 Å². The van der Waals surface area contributed by atoms with E-state index in [-0.39, 0.29) is 22.4 Å². The molecular weight excluding hydrogens is 531 g/mol. The van der Waals surface area contributed by atoms with Crippen LogP contribution in [0, 0.1) is 10.8 Å². The Morgan fingerprint density at radius 1 is 1.05 bits per heavy atom. The predicted octanol–water partition coefficient (Wildman–Crippen LogP) is 4.92. The molecule has 212 valence electrons. The maximum Gasteiger partial charge on any atom is 0.433 e. The number of pyridine rings is 1. The van der Waals surface area contributed by atoms with Gasteiger partial charge >= 0.3 is 6.18 Å². The van der Waals surface area contributed by atoms with Gasteiger partial charge in [-0.25, -0.2) is 4.98 Å². The molecule has 2 aliphatic carbocycles. The molecule has 0 amide bonds. The molecule has 41 heavy (non-hydrogen) atoms. The number of nitrogens with one attached hydrogen (secondary N) is 2. The van der Waals surface area contributed by atoms with Crippen LogP contribution in [0.25, 0.3) is 16.6 Å². The lowest BCUT2D eigenvalue weighted by atomic mass is 9.73. The molecule has 0 unspecified atom stereocenters. The van der Waals surface area contributed by atoms with Gasteiger partial charge in [0.2, 0.25) is 5.95 Å². The topological polar surface area (TPSA) is 117 Å². The highest BCUT2D eigenvalue weighted by Crippen LogP contribution is 2.51. The van der Waals surface area contributed by atoms with Crippen molar-refractivity contribution in [3.8, 4) is 0 Å². The number of rotatable bonds is 2. The number of aromatic nitrogens is 5. The first-order chi connectivity index (χ1) is 19.4. The number of allylic oxidation sites excluding steroid dienone is 1. The Bertz CT molecular complexity index is 1780. The number of halogens is 3. The van der Waals surface area contributed by atoms with Crippen molar-refractivity contribution in [1.29, 1.82) is 0 Å². The molecule has 1 spiro atoms. The summed E-state index contributed by atoms with van der Waals surface area (Å²) in [5.41, 5.74) is 9.59. The van der Waals surface area contributed by atoms with Gasteiger partial charge in [0, 0.05) is 36.0 Å². The second-order valence-corrected chi connectivity index (χ2v) is 12.3. The zero-order valence-corrected chi connectivity index (χ0v) is 22.8. The lowest BCUT2D eigenvalue weighted by Gasteiger charge is -2.42. The number of H-pyrrole nitrogens is 2. The Morgan fingerprint density at radius 3 is 2.54 bits per heavy atom. The summed E-state index contributed by atoms with van der Waals surface area (Å²) in [7, 11) is 0. The van der Waals surface area contributed by atoms with Gasteiger partial charge in [-0.2, -0.15) is 23.3 Å². The van der Waals surface area contributed by atoms with Crippen LogP contribution >= 0.6 is 0 Å². The molecule has 8 nitrogen and oxygen atoms in total. The molecule has 1 fully saturated rings. The number of nitrogens with two attached hydrogens (primary N) is 1. The van der Waals surface area contributed by atoms with Crippen molar-refractivity contribution < 1.29 is 13.2 Å². The highest BCUT2D eigenvalue weighted by molar-refractivity contribution is 5.94. The molecule has 4 N–H and O–H groups in total.